The van der Waals surface area contributed by atoms with Gasteiger partial charge in [0.15, 0.2) is 0 Å². The number of hydrogen-bond donors (Lipinski definition) is 3. The Bertz CT molecular complexity index is 2200. The minimum atomic E-state index is -3.77. The zero-order valence-corrected chi connectivity index (χ0v) is 36.0. The van der Waals surface area contributed by atoms with Crippen molar-refractivity contribution in [2.45, 2.75) is 75.9 Å². The van der Waals surface area contributed by atoms with E-state index in [1.807, 2.05) is 42.5 Å². The number of halogens is 1. The highest BCUT2D eigenvalue weighted by Gasteiger charge is 2.54. The molecule has 308 valence electrons. The maximum absolute atomic E-state index is 13.8. The summed E-state index contributed by atoms with van der Waals surface area (Å²) in [4.78, 5) is 28.5. The van der Waals surface area contributed by atoms with Crippen molar-refractivity contribution in [3.8, 4) is 5.75 Å². The number of aromatic carboxylic acids is 1. The Balaban J connectivity index is 1.28. The molecule has 1 saturated carbocycles. The van der Waals surface area contributed by atoms with Crippen LogP contribution in [-0.2, 0) is 31.1 Å². The molecule has 1 unspecified atom stereocenters. The lowest BCUT2D eigenvalue weighted by Gasteiger charge is -2.51. The first-order chi connectivity index (χ1) is 27.6. The number of nitrogens with zero attached hydrogens (tertiary/aromatic N) is 1. The molecule has 4 aromatic carbocycles. The first-order valence-corrected chi connectivity index (χ1v) is 24.2. The van der Waals surface area contributed by atoms with Crippen molar-refractivity contribution in [2.75, 3.05) is 36.9 Å². The normalized spacial score (nSPS) is 21.2. The summed E-state index contributed by atoms with van der Waals surface area (Å²) >= 11 is 6.49. The second kappa shape index (κ2) is 16.8. The predicted octanol–water partition coefficient (Wildman–Crippen LogP) is 6.28. The highest BCUT2D eigenvalue weighted by molar-refractivity contribution is 7.89. The Labute approximate surface area is 348 Å². The first kappa shape index (κ1) is 41.9. The van der Waals surface area contributed by atoms with Crippen molar-refractivity contribution in [3.63, 3.8) is 0 Å². The summed E-state index contributed by atoms with van der Waals surface area (Å²) in [6.07, 6.45) is 4.06. The van der Waals surface area contributed by atoms with E-state index in [0.29, 0.717) is 30.5 Å². The molecule has 0 bridgehead atoms. The van der Waals surface area contributed by atoms with Crippen molar-refractivity contribution < 1.29 is 32.3 Å². The fraction of sp³-hybridized carbons (Fsp3) is 0.422. The average Bonchev–Trinajstić information content (AvgIpc) is 3.31. The highest BCUT2D eigenvalue weighted by Crippen LogP contribution is 2.48. The lowest BCUT2D eigenvalue weighted by Crippen LogP contribution is -2.69. The van der Waals surface area contributed by atoms with Gasteiger partial charge in [-0.3, -0.25) is 4.79 Å². The molecule has 0 aromatic heterocycles. The maximum atomic E-state index is 13.8. The number of aryl methyl sites for hydroxylation is 1. The number of hydrogen-bond acceptors (Lipinski definition) is 7. The number of benzene rings is 4. The van der Waals surface area contributed by atoms with Gasteiger partial charge in [0.25, 0.3) is 8.32 Å². The van der Waals surface area contributed by atoms with Crippen LogP contribution in [-0.4, -0.2) is 71.8 Å². The molecule has 1 heterocycles. The van der Waals surface area contributed by atoms with E-state index in [4.69, 9.17) is 25.9 Å². The fourth-order valence-corrected chi connectivity index (χ4v) is 14.9. The second-order valence-electron chi connectivity index (χ2n) is 17.3. The van der Waals surface area contributed by atoms with E-state index < -0.39 is 30.4 Å². The Morgan fingerprint density at radius 2 is 1.71 bits per heavy atom. The topological polar surface area (TPSA) is 148 Å². The van der Waals surface area contributed by atoms with Crippen LogP contribution < -0.4 is 30.5 Å². The van der Waals surface area contributed by atoms with E-state index in [-0.39, 0.29) is 52.5 Å². The van der Waals surface area contributed by atoms with Gasteiger partial charge in [-0.2, -0.15) is 0 Å². The van der Waals surface area contributed by atoms with Crippen LogP contribution in [0.15, 0.2) is 97.1 Å². The molecule has 13 heteroatoms. The number of nitrogens with one attached hydrogen (secondary N) is 1. The van der Waals surface area contributed by atoms with Gasteiger partial charge in [-0.25, -0.2) is 18.4 Å². The summed E-state index contributed by atoms with van der Waals surface area (Å²) in [5.41, 5.74) is 3.01. The van der Waals surface area contributed by atoms with Crippen LogP contribution >= 0.6 is 11.6 Å². The molecule has 0 radical (unpaired) electrons. The standard InChI is InChI=1S/C45H54ClN3O7SSi/c1-44(2,3)58(35-12-6-4-7-13-35,36-14-8-5-9-15-36)56-41(27-42(50)48-23-24-57(47,53)54)37-19-16-33(37)28-49-29-45(22-10-11-31-25-34(46)18-20-38(31)45)30-55-40-21-17-32(43(51)52)26-39(40)49/h4-9,12-15,17-18,20-21,25-26,33,37,41H,10-11,16,19,22-24,27-30H2,1-3H3,(H,48,50)(H,51,52)(H2,47,53,54)/t33-,37+,41-,45?/m0/s1. The molecule has 58 heavy (non-hydrogen) atoms. The monoisotopic (exact) mass is 843 g/mol. The molecule has 1 spiro atoms. The Morgan fingerprint density at radius 3 is 2.31 bits per heavy atom. The number of primary sulfonamides is 1. The Morgan fingerprint density at radius 1 is 1.02 bits per heavy atom. The van der Waals surface area contributed by atoms with Crippen molar-refractivity contribution in [1.29, 1.82) is 0 Å². The van der Waals surface area contributed by atoms with E-state index in [1.54, 1.807) is 18.2 Å². The second-order valence-corrected chi connectivity index (χ2v) is 23.8. The molecule has 10 nitrogen and oxygen atoms in total. The van der Waals surface area contributed by atoms with Crippen LogP contribution in [0.1, 0.15) is 74.4 Å². The first-order valence-electron chi connectivity index (χ1n) is 20.2. The zero-order valence-electron chi connectivity index (χ0n) is 33.5. The predicted molar refractivity (Wildman–Crippen MR) is 231 cm³/mol. The van der Waals surface area contributed by atoms with Crippen LogP contribution in [0.5, 0.6) is 5.75 Å². The van der Waals surface area contributed by atoms with Gasteiger partial charge in [0, 0.05) is 30.1 Å². The van der Waals surface area contributed by atoms with E-state index in [0.717, 1.165) is 48.2 Å². The molecule has 4 N–H and O–H groups in total. The van der Waals surface area contributed by atoms with Gasteiger partial charge >= 0.3 is 5.97 Å². The van der Waals surface area contributed by atoms with Crippen molar-refractivity contribution >= 4 is 57.9 Å². The Hall–Kier alpha value is -4.20. The third kappa shape index (κ3) is 8.72. The molecule has 4 aromatic rings. The van der Waals surface area contributed by atoms with Gasteiger partial charge in [-0.1, -0.05) is 99.1 Å². The average molecular weight is 845 g/mol. The summed E-state index contributed by atoms with van der Waals surface area (Å²) in [5.74, 6) is -0.967. The summed E-state index contributed by atoms with van der Waals surface area (Å²) in [6.45, 7) is 8.21. The van der Waals surface area contributed by atoms with E-state index in [1.165, 1.54) is 11.1 Å². The molecule has 0 saturated heterocycles. The summed E-state index contributed by atoms with van der Waals surface area (Å²) in [7, 11) is -6.91. The maximum Gasteiger partial charge on any atom is 0.335 e. The van der Waals surface area contributed by atoms with Crippen LogP contribution in [0.3, 0.4) is 0 Å². The molecule has 1 amide bonds. The van der Waals surface area contributed by atoms with Gasteiger partial charge in [0.05, 0.1) is 36.1 Å². The number of sulfonamides is 1. The van der Waals surface area contributed by atoms with Gasteiger partial charge in [0.2, 0.25) is 15.9 Å². The summed E-state index contributed by atoms with van der Waals surface area (Å²) in [5, 5.41) is 20.7. The molecular weight excluding hydrogens is 790 g/mol. The minimum absolute atomic E-state index is 0.0330. The van der Waals surface area contributed by atoms with Crippen LogP contribution in [0.2, 0.25) is 10.1 Å². The van der Waals surface area contributed by atoms with Crippen molar-refractivity contribution in [1.82, 2.24) is 5.32 Å². The summed E-state index contributed by atoms with van der Waals surface area (Å²) in [6, 6.07) is 31.9. The number of rotatable bonds is 13. The SMILES string of the molecule is CC(C)(C)[Si](O[C@@H](CC(=O)NCCS(N)(=O)=O)[C@@H]1CC[C@H]1CN1CC2(CCCc3cc(Cl)ccc32)COc2ccc(C(=O)O)cc21)(c1ccccc1)c1ccccc1. The number of ether oxygens (including phenoxy) is 1. The number of carboxylic acid groups (broad SMARTS) is 1. The van der Waals surface area contributed by atoms with Gasteiger partial charge < -0.3 is 24.5 Å². The van der Waals surface area contributed by atoms with Crippen molar-refractivity contribution in [3.05, 3.63) is 119 Å². The van der Waals surface area contributed by atoms with Gasteiger partial charge in [0.1, 0.15) is 5.75 Å². The van der Waals surface area contributed by atoms with E-state index in [9.17, 15) is 23.1 Å². The number of carbonyl (C=O) groups excluding carboxylic acids is 1. The number of carboxylic acids is 1. The molecule has 1 fully saturated rings. The number of carbonyl (C=O) groups is 2. The van der Waals surface area contributed by atoms with Gasteiger partial charge in [-0.05, 0) is 101 Å². The lowest BCUT2D eigenvalue weighted by molar-refractivity contribution is -0.124. The summed E-state index contributed by atoms with van der Waals surface area (Å²) < 4.78 is 37.9. The highest BCUT2D eigenvalue weighted by atomic mass is 35.5. The number of fused-ring (bicyclic) bond motifs is 3. The van der Waals surface area contributed by atoms with Crippen LogP contribution in [0, 0.1) is 11.8 Å². The number of anilines is 1. The zero-order chi connectivity index (χ0) is 41.3. The van der Waals surface area contributed by atoms with Gasteiger partial charge in [-0.15, -0.1) is 0 Å². The third-order valence-electron chi connectivity index (χ3n) is 12.5. The number of amides is 1. The lowest BCUT2D eigenvalue weighted by atomic mass is 9.68. The minimum Gasteiger partial charge on any atom is -0.490 e. The quantitative estimate of drug-likeness (QED) is 0.133. The molecule has 2 aliphatic carbocycles. The van der Waals surface area contributed by atoms with E-state index in [2.05, 4.69) is 67.4 Å². The smallest absolute Gasteiger partial charge is 0.335 e. The van der Waals surface area contributed by atoms with Crippen LogP contribution in [0.4, 0.5) is 5.69 Å². The molecule has 4 atom stereocenters. The van der Waals surface area contributed by atoms with Crippen LogP contribution in [0.25, 0.3) is 0 Å². The fourth-order valence-electron chi connectivity index (χ4n) is 9.63. The van der Waals surface area contributed by atoms with E-state index >= 15 is 0 Å². The third-order valence-corrected chi connectivity index (χ3v) is 18.6. The van der Waals surface area contributed by atoms with Crippen molar-refractivity contribution in [2.24, 2.45) is 17.0 Å². The molecule has 1 aliphatic heterocycles. The molecular formula is C45H54ClN3O7SSi. The molecule has 7 rings (SSSR count). The number of nitrogens with two attached hydrogens (primary N) is 1. The Kier molecular flexibility index (Phi) is 12.2. The molecule has 3 aliphatic rings. The largest absolute Gasteiger partial charge is 0.490 e.